The minimum absolute atomic E-state index is 0.196. The Morgan fingerprint density at radius 3 is 2.25 bits per heavy atom. The first-order valence-electron chi connectivity index (χ1n) is 6.30. The van der Waals surface area contributed by atoms with E-state index in [1.165, 1.54) is 24.1 Å². The van der Waals surface area contributed by atoms with Gasteiger partial charge in [0.2, 0.25) is 0 Å². The fourth-order valence-corrected chi connectivity index (χ4v) is 2.00. The molecule has 0 aromatic heterocycles. The van der Waals surface area contributed by atoms with E-state index < -0.39 is 0 Å². The molecule has 1 nitrogen and oxygen atoms in total. The molecule has 0 N–H and O–H groups in total. The molecule has 16 heavy (non-hydrogen) atoms. The van der Waals surface area contributed by atoms with Crippen LogP contribution in [0.3, 0.4) is 0 Å². The van der Waals surface area contributed by atoms with Crippen molar-refractivity contribution in [3.63, 3.8) is 0 Å². The molecule has 0 atom stereocenters. The number of nitrogens with zero attached hydrogens (tertiary/aromatic N) is 1. The Morgan fingerprint density at radius 1 is 1.12 bits per heavy atom. The van der Waals surface area contributed by atoms with Crippen LogP contribution in [-0.4, -0.2) is 12.1 Å². The van der Waals surface area contributed by atoms with Gasteiger partial charge in [0.15, 0.2) is 0 Å². The highest BCUT2D eigenvalue weighted by atomic mass is 15.2. The van der Waals surface area contributed by atoms with Gasteiger partial charge in [0.25, 0.3) is 0 Å². The van der Waals surface area contributed by atoms with E-state index in [1.54, 1.807) is 0 Å². The highest BCUT2D eigenvalue weighted by Crippen LogP contribution is 2.27. The molecule has 0 aliphatic heterocycles. The Hall–Kier alpha value is -0.980. The summed E-state index contributed by atoms with van der Waals surface area (Å²) in [5, 5.41) is 0. The molecule has 0 aliphatic carbocycles. The summed E-state index contributed by atoms with van der Waals surface area (Å²) in [4.78, 5) is 2.52. The van der Waals surface area contributed by atoms with E-state index in [9.17, 15) is 0 Å². The average molecular weight is 219 g/mol. The van der Waals surface area contributed by atoms with Gasteiger partial charge in [-0.25, -0.2) is 0 Å². The summed E-state index contributed by atoms with van der Waals surface area (Å²) in [7, 11) is 0. The normalized spacial score (nSPS) is 11.6. The molecule has 0 amide bonds. The molecule has 0 radical (unpaired) electrons. The maximum absolute atomic E-state index is 2.52. The van der Waals surface area contributed by atoms with Gasteiger partial charge in [-0.2, -0.15) is 0 Å². The second-order valence-corrected chi connectivity index (χ2v) is 5.46. The third kappa shape index (κ3) is 3.26. The van der Waals surface area contributed by atoms with Gasteiger partial charge in [0, 0.05) is 17.8 Å². The molecule has 1 aromatic carbocycles. The Labute approximate surface area is 100 Å². The van der Waals surface area contributed by atoms with Crippen LogP contribution in [0.5, 0.6) is 0 Å². The van der Waals surface area contributed by atoms with Crippen molar-refractivity contribution >= 4 is 5.69 Å². The first kappa shape index (κ1) is 13.1. The van der Waals surface area contributed by atoms with E-state index in [2.05, 4.69) is 63.8 Å². The third-order valence-corrected chi connectivity index (χ3v) is 2.95. The third-order valence-electron chi connectivity index (χ3n) is 2.95. The largest absolute Gasteiger partial charge is 0.366 e. The highest BCUT2D eigenvalue weighted by molar-refractivity contribution is 5.54. The molecule has 1 aromatic rings. The molecule has 0 heterocycles. The minimum atomic E-state index is 0.196. The summed E-state index contributed by atoms with van der Waals surface area (Å²) >= 11 is 0. The Bertz CT molecular complexity index is 322. The first-order valence-corrected chi connectivity index (χ1v) is 6.30. The summed E-state index contributed by atoms with van der Waals surface area (Å²) in [5.74, 6) is 0. The van der Waals surface area contributed by atoms with Gasteiger partial charge < -0.3 is 4.90 Å². The van der Waals surface area contributed by atoms with E-state index in [1.807, 2.05) is 0 Å². The van der Waals surface area contributed by atoms with E-state index in [0.717, 1.165) is 6.54 Å². The Balaban J connectivity index is 2.97. The average Bonchev–Trinajstić information content (AvgIpc) is 2.19. The number of anilines is 1. The van der Waals surface area contributed by atoms with Crippen molar-refractivity contribution < 1.29 is 0 Å². The fourth-order valence-electron chi connectivity index (χ4n) is 2.00. The first-order chi connectivity index (χ1) is 7.46. The Morgan fingerprint density at radius 2 is 1.75 bits per heavy atom. The van der Waals surface area contributed by atoms with Crippen LogP contribution in [0.2, 0.25) is 0 Å². The number of unbranched alkanes of at least 4 members (excludes halogenated alkanes) is 1. The maximum atomic E-state index is 2.52. The molecule has 0 bridgehead atoms. The molecule has 0 unspecified atom stereocenters. The molecule has 1 heteroatoms. The Kier molecular flexibility index (Phi) is 4.40. The van der Waals surface area contributed by atoms with E-state index in [0.29, 0.717) is 0 Å². The second-order valence-electron chi connectivity index (χ2n) is 5.46. The lowest BCUT2D eigenvalue weighted by Gasteiger charge is -2.38. The number of aryl methyl sites for hydroxylation is 1. The van der Waals surface area contributed by atoms with Crippen LogP contribution in [0.15, 0.2) is 24.3 Å². The molecule has 90 valence electrons. The van der Waals surface area contributed by atoms with E-state index >= 15 is 0 Å². The van der Waals surface area contributed by atoms with Crippen molar-refractivity contribution in [2.75, 3.05) is 11.4 Å². The predicted molar refractivity (Wildman–Crippen MR) is 73.2 cm³/mol. The van der Waals surface area contributed by atoms with Gasteiger partial charge in [0.05, 0.1) is 0 Å². The fraction of sp³-hybridized carbons (Fsp3) is 0.600. The number of para-hydroxylation sites is 1. The van der Waals surface area contributed by atoms with Crippen LogP contribution in [0.1, 0.15) is 46.1 Å². The van der Waals surface area contributed by atoms with Crippen molar-refractivity contribution in [2.45, 2.75) is 53.0 Å². The van der Waals surface area contributed by atoms with Crippen LogP contribution >= 0.6 is 0 Å². The molecule has 0 fully saturated rings. The molecule has 0 aliphatic rings. The van der Waals surface area contributed by atoms with Gasteiger partial charge in [-0.05, 0) is 45.7 Å². The van der Waals surface area contributed by atoms with Gasteiger partial charge in [0.1, 0.15) is 0 Å². The summed E-state index contributed by atoms with van der Waals surface area (Å²) < 4.78 is 0. The van der Waals surface area contributed by atoms with Crippen LogP contribution in [0.25, 0.3) is 0 Å². The highest BCUT2D eigenvalue weighted by Gasteiger charge is 2.21. The molecule has 0 saturated carbocycles. The van der Waals surface area contributed by atoms with Crippen LogP contribution in [0.4, 0.5) is 5.69 Å². The lowest BCUT2D eigenvalue weighted by molar-refractivity contribution is 0.493. The zero-order valence-corrected chi connectivity index (χ0v) is 11.4. The monoisotopic (exact) mass is 219 g/mol. The lowest BCUT2D eigenvalue weighted by Crippen LogP contribution is -2.42. The van der Waals surface area contributed by atoms with Gasteiger partial charge in [-0.1, -0.05) is 31.5 Å². The number of rotatable bonds is 4. The summed E-state index contributed by atoms with van der Waals surface area (Å²) in [5.41, 5.74) is 2.94. The van der Waals surface area contributed by atoms with Crippen molar-refractivity contribution in [3.8, 4) is 0 Å². The number of benzene rings is 1. The number of hydrogen-bond acceptors (Lipinski definition) is 1. The lowest BCUT2D eigenvalue weighted by atomic mass is 10.0. The zero-order valence-electron chi connectivity index (χ0n) is 11.4. The van der Waals surface area contributed by atoms with Crippen LogP contribution in [-0.2, 0) is 0 Å². The van der Waals surface area contributed by atoms with Crippen molar-refractivity contribution in [1.29, 1.82) is 0 Å². The SMILES string of the molecule is CCCCN(c1ccccc1C)C(C)(C)C. The molecule has 0 spiro atoms. The number of hydrogen-bond donors (Lipinski definition) is 0. The van der Waals surface area contributed by atoms with E-state index in [-0.39, 0.29) is 5.54 Å². The quantitative estimate of drug-likeness (QED) is 0.725. The van der Waals surface area contributed by atoms with Gasteiger partial charge in [-0.3, -0.25) is 0 Å². The van der Waals surface area contributed by atoms with Crippen LogP contribution in [0, 0.1) is 6.92 Å². The summed E-state index contributed by atoms with van der Waals surface area (Å²) in [6.45, 7) is 12.4. The van der Waals surface area contributed by atoms with E-state index in [4.69, 9.17) is 0 Å². The summed E-state index contributed by atoms with van der Waals surface area (Å²) in [6.07, 6.45) is 2.50. The smallest absolute Gasteiger partial charge is 0.0400 e. The van der Waals surface area contributed by atoms with Gasteiger partial charge >= 0.3 is 0 Å². The second kappa shape index (κ2) is 5.38. The van der Waals surface area contributed by atoms with Crippen molar-refractivity contribution in [3.05, 3.63) is 29.8 Å². The van der Waals surface area contributed by atoms with Crippen molar-refractivity contribution in [1.82, 2.24) is 0 Å². The molecular weight excluding hydrogens is 194 g/mol. The predicted octanol–water partition coefficient (Wildman–Crippen LogP) is 4.40. The zero-order chi connectivity index (χ0) is 12.2. The molecule has 1 rings (SSSR count). The van der Waals surface area contributed by atoms with Crippen molar-refractivity contribution in [2.24, 2.45) is 0 Å². The standard InChI is InChI=1S/C15H25N/c1-6-7-12-16(15(3,4)5)14-11-9-8-10-13(14)2/h8-11H,6-7,12H2,1-5H3. The molecular formula is C15H25N. The van der Waals surface area contributed by atoms with Gasteiger partial charge in [-0.15, -0.1) is 0 Å². The topological polar surface area (TPSA) is 3.24 Å². The minimum Gasteiger partial charge on any atom is -0.366 e. The maximum Gasteiger partial charge on any atom is 0.0400 e. The molecule has 0 saturated heterocycles. The van der Waals surface area contributed by atoms with Crippen LogP contribution < -0.4 is 4.90 Å². The summed E-state index contributed by atoms with van der Waals surface area (Å²) in [6, 6.07) is 8.67.